The van der Waals surface area contributed by atoms with Crippen LogP contribution >= 0.6 is 0 Å². The molecule has 0 aromatic carbocycles. The number of rotatable bonds is 39. The zero-order chi connectivity index (χ0) is 44.5. The van der Waals surface area contributed by atoms with Gasteiger partial charge in [0.15, 0.2) is 12.6 Å². The lowest BCUT2D eigenvalue weighted by Crippen LogP contribution is -2.61. The summed E-state index contributed by atoms with van der Waals surface area (Å²) in [5.41, 5.74) is 0. The number of esters is 1. The molecule has 2 rings (SSSR count). The summed E-state index contributed by atoms with van der Waals surface area (Å²) in [7, 11) is 0. The third-order valence-corrected chi connectivity index (χ3v) is 12.1. The van der Waals surface area contributed by atoms with Crippen molar-refractivity contribution in [2.45, 2.75) is 261 Å². The van der Waals surface area contributed by atoms with Crippen LogP contribution in [0.1, 0.15) is 194 Å². The third-order valence-electron chi connectivity index (χ3n) is 12.1. The summed E-state index contributed by atoms with van der Waals surface area (Å²) >= 11 is 0. The van der Waals surface area contributed by atoms with E-state index in [4.69, 9.17) is 28.4 Å². The lowest BCUT2D eigenvalue weighted by Gasteiger charge is -2.42. The van der Waals surface area contributed by atoms with Crippen molar-refractivity contribution in [3.8, 4) is 0 Å². The van der Waals surface area contributed by atoms with Crippen molar-refractivity contribution in [2.75, 3.05) is 33.0 Å². The van der Waals surface area contributed by atoms with E-state index in [1.807, 2.05) is 0 Å². The Hall–Kier alpha value is -1.01. The molecular formula is C47H90O14. The number of hydrogen-bond acceptors (Lipinski definition) is 14. The van der Waals surface area contributed by atoms with Gasteiger partial charge in [-0.2, -0.15) is 0 Å². The number of aliphatic hydroxyl groups is 7. The highest BCUT2D eigenvalue weighted by Gasteiger charge is 2.47. The first kappa shape index (κ1) is 56.1. The number of hydrogen-bond donors (Lipinski definition) is 7. The Bertz CT molecular complexity index is 1020. The average molecular weight is 879 g/mol. The highest BCUT2D eigenvalue weighted by atomic mass is 16.7. The minimum absolute atomic E-state index is 0.0685. The highest BCUT2D eigenvalue weighted by Crippen LogP contribution is 2.26. The second-order valence-corrected chi connectivity index (χ2v) is 17.7. The van der Waals surface area contributed by atoms with Gasteiger partial charge in [-0.25, -0.2) is 0 Å². The lowest BCUT2D eigenvalue weighted by molar-refractivity contribution is -0.332. The van der Waals surface area contributed by atoms with Gasteiger partial charge in [-0.1, -0.05) is 174 Å². The summed E-state index contributed by atoms with van der Waals surface area (Å²) in [6, 6.07) is 0. The molecule has 11 atom stereocenters. The number of aliphatic hydroxyl groups excluding tert-OH is 7. The zero-order valence-corrected chi connectivity index (χ0v) is 38.2. The molecule has 362 valence electrons. The van der Waals surface area contributed by atoms with Crippen molar-refractivity contribution in [1.29, 1.82) is 0 Å². The van der Waals surface area contributed by atoms with Gasteiger partial charge in [0.25, 0.3) is 0 Å². The van der Waals surface area contributed by atoms with E-state index >= 15 is 0 Å². The van der Waals surface area contributed by atoms with Gasteiger partial charge in [-0.05, 0) is 12.8 Å². The second-order valence-electron chi connectivity index (χ2n) is 17.7. The Morgan fingerprint density at radius 1 is 0.475 bits per heavy atom. The van der Waals surface area contributed by atoms with Crippen LogP contribution in [-0.4, -0.2) is 142 Å². The van der Waals surface area contributed by atoms with Gasteiger partial charge < -0.3 is 64.2 Å². The van der Waals surface area contributed by atoms with E-state index in [0.717, 1.165) is 44.9 Å². The van der Waals surface area contributed by atoms with Crippen molar-refractivity contribution < 1.29 is 69.0 Å². The van der Waals surface area contributed by atoms with Gasteiger partial charge >= 0.3 is 5.97 Å². The third kappa shape index (κ3) is 24.7. The van der Waals surface area contributed by atoms with E-state index in [-0.39, 0.29) is 25.6 Å². The first-order valence-electron chi connectivity index (χ1n) is 24.6. The largest absolute Gasteiger partial charge is 0.457 e. The normalized spacial score (nSPS) is 27.4. The molecule has 2 heterocycles. The standard InChI is InChI=1S/C47H90O14/c1-3-5-7-9-11-12-13-14-15-16-17-18-19-20-21-22-23-24-25-27-29-31-56-33-36(59-39(49)30-28-26-10-8-6-4-2)34-57-46-45(55)43(53)41(51)38(61-46)35-58-47-44(54)42(52)40(50)37(32-48)60-47/h36-38,40-48,50-55H,3-35H2,1-2H3. The molecule has 11 unspecified atom stereocenters. The fraction of sp³-hybridized carbons (Fsp3) is 0.979. The highest BCUT2D eigenvalue weighted by molar-refractivity contribution is 5.69. The molecular weight excluding hydrogens is 789 g/mol. The fourth-order valence-corrected chi connectivity index (χ4v) is 8.05. The second kappa shape index (κ2) is 36.2. The Balaban J connectivity index is 1.67. The Kier molecular flexibility index (Phi) is 33.3. The molecule has 0 radical (unpaired) electrons. The topological polar surface area (TPSA) is 214 Å². The number of carbonyl (C=O) groups excluding carboxylic acids is 1. The smallest absolute Gasteiger partial charge is 0.306 e. The van der Waals surface area contributed by atoms with Crippen LogP contribution in [0.3, 0.4) is 0 Å². The number of ether oxygens (including phenoxy) is 6. The van der Waals surface area contributed by atoms with Crippen molar-refractivity contribution in [2.24, 2.45) is 0 Å². The van der Waals surface area contributed by atoms with Crippen LogP contribution in [-0.2, 0) is 33.2 Å². The summed E-state index contributed by atoms with van der Waals surface area (Å²) < 4.78 is 34.1. The van der Waals surface area contributed by atoms with E-state index < -0.39 is 80.7 Å². The maximum Gasteiger partial charge on any atom is 0.306 e. The molecule has 2 aliphatic rings. The minimum Gasteiger partial charge on any atom is -0.457 e. The van der Waals surface area contributed by atoms with Crippen molar-refractivity contribution >= 4 is 5.97 Å². The van der Waals surface area contributed by atoms with Crippen molar-refractivity contribution in [3.63, 3.8) is 0 Å². The first-order chi connectivity index (χ1) is 29.6. The van der Waals surface area contributed by atoms with Gasteiger partial charge in [-0.15, -0.1) is 0 Å². The molecule has 0 aromatic heterocycles. The summed E-state index contributed by atoms with van der Waals surface area (Å²) in [6.07, 6.45) is 17.9. The number of carbonyl (C=O) groups is 1. The van der Waals surface area contributed by atoms with Crippen LogP contribution in [0.2, 0.25) is 0 Å². The van der Waals surface area contributed by atoms with E-state index in [1.165, 1.54) is 122 Å². The van der Waals surface area contributed by atoms with Gasteiger partial charge in [0, 0.05) is 13.0 Å². The minimum atomic E-state index is -1.70. The van der Waals surface area contributed by atoms with Gasteiger partial charge in [-0.3, -0.25) is 4.79 Å². The fourth-order valence-electron chi connectivity index (χ4n) is 8.05. The van der Waals surface area contributed by atoms with Gasteiger partial charge in [0.05, 0.1) is 26.4 Å². The maximum atomic E-state index is 12.8. The van der Waals surface area contributed by atoms with Crippen molar-refractivity contribution in [1.82, 2.24) is 0 Å². The molecule has 2 saturated heterocycles. The van der Waals surface area contributed by atoms with E-state index in [0.29, 0.717) is 13.0 Å². The maximum absolute atomic E-state index is 12.8. The van der Waals surface area contributed by atoms with Crippen LogP contribution in [0.15, 0.2) is 0 Å². The molecule has 0 spiro atoms. The summed E-state index contributed by atoms with van der Waals surface area (Å²) in [5, 5.41) is 71.8. The van der Waals surface area contributed by atoms with Gasteiger partial charge in [0.1, 0.15) is 54.9 Å². The average Bonchev–Trinajstić information content (AvgIpc) is 3.26. The summed E-state index contributed by atoms with van der Waals surface area (Å²) in [5.74, 6) is -0.381. The SMILES string of the molecule is CCCCCCCCCCCCCCCCCCCCCCCOCC(COC1OC(COC2OC(CO)C(O)C(O)C2O)C(O)C(O)C1O)OC(=O)CCCCCCCC. The molecule has 14 nitrogen and oxygen atoms in total. The lowest BCUT2D eigenvalue weighted by atomic mass is 9.98. The van der Waals surface area contributed by atoms with Gasteiger partial charge in [0.2, 0.25) is 0 Å². The van der Waals surface area contributed by atoms with E-state index in [1.54, 1.807) is 0 Å². The van der Waals surface area contributed by atoms with Crippen LogP contribution in [0.4, 0.5) is 0 Å². The quantitative estimate of drug-likeness (QED) is 0.0259. The molecule has 0 bridgehead atoms. The van der Waals surface area contributed by atoms with Crippen LogP contribution in [0, 0.1) is 0 Å². The summed E-state index contributed by atoms with van der Waals surface area (Å²) in [6.45, 7) is 3.65. The molecule has 0 amide bonds. The predicted octanol–water partition coefficient (Wildman–Crippen LogP) is 6.52. The van der Waals surface area contributed by atoms with E-state index in [2.05, 4.69) is 13.8 Å². The molecule has 2 fully saturated rings. The molecule has 0 aromatic rings. The number of unbranched alkanes of at least 4 members (excludes halogenated alkanes) is 25. The Morgan fingerprint density at radius 2 is 0.869 bits per heavy atom. The van der Waals surface area contributed by atoms with Crippen LogP contribution < -0.4 is 0 Å². The first-order valence-corrected chi connectivity index (χ1v) is 24.6. The Labute approximate surface area is 368 Å². The molecule has 2 aliphatic heterocycles. The summed E-state index contributed by atoms with van der Waals surface area (Å²) in [4.78, 5) is 12.8. The Morgan fingerprint density at radius 3 is 1.33 bits per heavy atom. The van der Waals surface area contributed by atoms with Crippen molar-refractivity contribution in [3.05, 3.63) is 0 Å². The molecule has 0 aliphatic carbocycles. The van der Waals surface area contributed by atoms with Crippen LogP contribution in [0.25, 0.3) is 0 Å². The molecule has 0 saturated carbocycles. The monoisotopic (exact) mass is 879 g/mol. The molecule has 7 N–H and O–H groups in total. The molecule has 61 heavy (non-hydrogen) atoms. The zero-order valence-electron chi connectivity index (χ0n) is 38.2. The molecule has 14 heteroatoms. The predicted molar refractivity (Wildman–Crippen MR) is 234 cm³/mol. The van der Waals surface area contributed by atoms with Crippen LogP contribution in [0.5, 0.6) is 0 Å². The van der Waals surface area contributed by atoms with E-state index in [9.17, 15) is 40.5 Å².